The highest BCUT2D eigenvalue weighted by atomic mass is 79.9. The lowest BCUT2D eigenvalue weighted by Gasteiger charge is -2.09. The zero-order valence-electron chi connectivity index (χ0n) is 18.2. The lowest BCUT2D eigenvalue weighted by atomic mass is 10.0. The van der Waals surface area contributed by atoms with Crippen LogP contribution in [-0.2, 0) is 9.47 Å². The molecule has 4 nitrogen and oxygen atoms in total. The minimum Gasteiger partial charge on any atom is -0.445 e. The molecule has 0 aromatic carbocycles. The summed E-state index contributed by atoms with van der Waals surface area (Å²) in [6.45, 7) is 8.14. The fourth-order valence-electron chi connectivity index (χ4n) is 3.02. The van der Waals surface area contributed by atoms with E-state index in [2.05, 4.69) is 34.7 Å². The number of halogens is 1. The lowest BCUT2D eigenvalue weighted by molar-refractivity contribution is 0.128. The van der Waals surface area contributed by atoms with Gasteiger partial charge in [-0.15, -0.1) is 0 Å². The average molecular weight is 463 g/mol. The number of carbonyl (C=O) groups excluding carboxylic acids is 1. The highest BCUT2D eigenvalue weighted by Crippen LogP contribution is 2.13. The zero-order chi connectivity index (χ0) is 20.7. The van der Waals surface area contributed by atoms with Gasteiger partial charge in [0.2, 0.25) is 0 Å². The Bertz CT molecular complexity index is 364. The van der Waals surface area contributed by atoms with Crippen molar-refractivity contribution >= 4 is 22.0 Å². The number of alkyl halides is 1. The van der Waals surface area contributed by atoms with Gasteiger partial charge in [0.05, 0.1) is 6.61 Å². The van der Waals surface area contributed by atoms with Crippen molar-refractivity contribution in [2.75, 3.05) is 31.7 Å². The summed E-state index contributed by atoms with van der Waals surface area (Å²) in [7, 11) is 0. The summed E-state index contributed by atoms with van der Waals surface area (Å²) in [6.07, 6.45) is 18.6. The highest BCUT2D eigenvalue weighted by molar-refractivity contribution is 9.09. The minimum atomic E-state index is -0.410. The van der Waals surface area contributed by atoms with Crippen molar-refractivity contribution in [3.05, 3.63) is 12.2 Å². The van der Waals surface area contributed by atoms with Gasteiger partial charge in [0, 0.05) is 18.5 Å². The number of hydrogen-bond donors (Lipinski definition) is 1. The van der Waals surface area contributed by atoms with E-state index in [9.17, 15) is 4.79 Å². The van der Waals surface area contributed by atoms with Gasteiger partial charge in [0.15, 0.2) is 0 Å². The van der Waals surface area contributed by atoms with Gasteiger partial charge in [-0.2, -0.15) is 0 Å². The molecule has 0 atom stereocenters. The van der Waals surface area contributed by atoms with E-state index in [-0.39, 0.29) is 6.61 Å². The van der Waals surface area contributed by atoms with E-state index in [0.29, 0.717) is 18.5 Å². The number of ether oxygens (including phenoxy) is 2. The molecule has 28 heavy (non-hydrogen) atoms. The molecule has 0 aliphatic rings. The molecule has 0 aliphatic carbocycles. The number of hydrogen-bond acceptors (Lipinski definition) is 3. The normalized spacial score (nSPS) is 10.8. The molecule has 0 saturated carbocycles. The van der Waals surface area contributed by atoms with E-state index >= 15 is 0 Å². The molecule has 0 aliphatic heterocycles. The number of amides is 1. The second kappa shape index (κ2) is 22.7. The molecule has 0 saturated heterocycles. The Morgan fingerprint density at radius 2 is 1.32 bits per heavy atom. The molecule has 1 amide bonds. The molecule has 0 radical (unpaired) electrons. The fraction of sp³-hybridized carbons (Fsp3) is 0.870. The Balaban J connectivity index is 3.19. The first-order valence-electron chi connectivity index (χ1n) is 11.4. The van der Waals surface area contributed by atoms with Crippen LogP contribution >= 0.6 is 15.9 Å². The van der Waals surface area contributed by atoms with Gasteiger partial charge < -0.3 is 14.8 Å². The predicted octanol–water partition coefficient (Wildman–Crippen LogP) is 7.16. The molecule has 5 heteroatoms. The molecule has 0 aromatic rings. The van der Waals surface area contributed by atoms with Crippen molar-refractivity contribution in [3.63, 3.8) is 0 Å². The maximum Gasteiger partial charge on any atom is 0.407 e. The van der Waals surface area contributed by atoms with E-state index < -0.39 is 6.09 Å². The van der Waals surface area contributed by atoms with Crippen LogP contribution in [0.5, 0.6) is 0 Å². The van der Waals surface area contributed by atoms with Crippen molar-refractivity contribution in [1.82, 2.24) is 5.32 Å². The third-order valence-corrected chi connectivity index (χ3v) is 5.12. The Kier molecular flexibility index (Phi) is 22.3. The van der Waals surface area contributed by atoms with Crippen LogP contribution in [0.3, 0.4) is 0 Å². The third-order valence-electron chi connectivity index (χ3n) is 4.72. The van der Waals surface area contributed by atoms with Gasteiger partial charge in [-0.05, 0) is 12.0 Å². The Morgan fingerprint density at radius 1 is 0.821 bits per heavy atom. The van der Waals surface area contributed by atoms with Gasteiger partial charge in [0.1, 0.15) is 6.61 Å². The van der Waals surface area contributed by atoms with E-state index in [1.54, 1.807) is 0 Å². The summed E-state index contributed by atoms with van der Waals surface area (Å²) in [5.74, 6) is 0. The van der Waals surface area contributed by atoms with Crippen molar-refractivity contribution in [2.45, 2.75) is 96.8 Å². The second-order valence-corrected chi connectivity index (χ2v) is 8.38. The number of rotatable bonds is 21. The number of unbranched alkanes of at least 4 members (excludes halogenated alkanes) is 13. The largest absolute Gasteiger partial charge is 0.445 e. The van der Waals surface area contributed by atoms with E-state index in [4.69, 9.17) is 9.47 Å². The Morgan fingerprint density at radius 3 is 1.82 bits per heavy atom. The van der Waals surface area contributed by atoms with E-state index in [1.807, 2.05) is 0 Å². The molecule has 0 spiro atoms. The molecule has 0 fully saturated rings. The van der Waals surface area contributed by atoms with Gasteiger partial charge in [-0.3, -0.25) is 0 Å². The van der Waals surface area contributed by atoms with Gasteiger partial charge >= 0.3 is 6.09 Å². The predicted molar refractivity (Wildman–Crippen MR) is 123 cm³/mol. The van der Waals surface area contributed by atoms with Crippen molar-refractivity contribution in [2.24, 2.45) is 0 Å². The second-order valence-electron chi connectivity index (χ2n) is 7.59. The molecule has 1 N–H and O–H groups in total. The third kappa shape index (κ3) is 21.7. The van der Waals surface area contributed by atoms with Crippen LogP contribution < -0.4 is 5.32 Å². The van der Waals surface area contributed by atoms with Crippen molar-refractivity contribution in [3.8, 4) is 0 Å². The highest BCUT2D eigenvalue weighted by Gasteiger charge is 2.02. The molecule has 0 unspecified atom stereocenters. The summed E-state index contributed by atoms with van der Waals surface area (Å²) in [4.78, 5) is 11.3. The van der Waals surface area contributed by atoms with Crippen LogP contribution in [0.4, 0.5) is 4.79 Å². The average Bonchev–Trinajstić information content (AvgIpc) is 2.70. The summed E-state index contributed by atoms with van der Waals surface area (Å²) in [5.41, 5.74) is 0.791. The standard InChI is InChI=1S/C23H44BrNO3/c1-3-4-5-6-7-8-9-10-11-12-13-14-15-16-19-27-20-22(2)21-28-23(26)25-18-17-24/h2-21H2,1H3,(H,25,26). The van der Waals surface area contributed by atoms with E-state index in [1.165, 1.54) is 83.5 Å². The van der Waals surface area contributed by atoms with Gasteiger partial charge in [0.25, 0.3) is 0 Å². The Hall–Kier alpha value is -0.550. The Labute approximate surface area is 182 Å². The van der Waals surface area contributed by atoms with E-state index in [0.717, 1.165) is 18.6 Å². The smallest absolute Gasteiger partial charge is 0.407 e. The maximum atomic E-state index is 11.3. The topological polar surface area (TPSA) is 47.6 Å². The molecule has 0 heterocycles. The maximum absolute atomic E-state index is 11.3. The first-order chi connectivity index (χ1) is 13.7. The monoisotopic (exact) mass is 461 g/mol. The van der Waals surface area contributed by atoms with Crippen LogP contribution in [0.25, 0.3) is 0 Å². The van der Waals surface area contributed by atoms with Crippen LogP contribution in [0.1, 0.15) is 96.8 Å². The molecular weight excluding hydrogens is 418 g/mol. The van der Waals surface area contributed by atoms with Crippen LogP contribution in [0.2, 0.25) is 0 Å². The molecule has 166 valence electrons. The minimum absolute atomic E-state index is 0.215. The SMILES string of the molecule is C=C(COCCCCCCCCCCCCCCCC)COC(=O)NCCBr. The zero-order valence-corrected chi connectivity index (χ0v) is 19.8. The molecular formula is C23H44BrNO3. The van der Waals surface area contributed by atoms with Crippen LogP contribution in [0.15, 0.2) is 12.2 Å². The quantitative estimate of drug-likeness (QED) is 0.112. The lowest BCUT2D eigenvalue weighted by Crippen LogP contribution is -2.26. The van der Waals surface area contributed by atoms with Gasteiger partial charge in [-0.1, -0.05) is 113 Å². The molecule has 0 aromatic heterocycles. The summed E-state index contributed by atoms with van der Waals surface area (Å²) >= 11 is 3.24. The van der Waals surface area contributed by atoms with Crippen molar-refractivity contribution in [1.29, 1.82) is 0 Å². The summed E-state index contributed by atoms with van der Waals surface area (Å²) in [5, 5.41) is 3.34. The van der Waals surface area contributed by atoms with Crippen LogP contribution in [0, 0.1) is 0 Å². The summed E-state index contributed by atoms with van der Waals surface area (Å²) in [6, 6.07) is 0. The summed E-state index contributed by atoms with van der Waals surface area (Å²) < 4.78 is 10.6. The first-order valence-corrected chi connectivity index (χ1v) is 12.5. The molecule has 0 rings (SSSR count). The first kappa shape index (κ1) is 27.5. The number of alkyl carbamates (subject to hydrolysis) is 1. The molecule has 0 bridgehead atoms. The number of carbonyl (C=O) groups is 1. The van der Waals surface area contributed by atoms with Crippen LogP contribution in [-0.4, -0.2) is 37.8 Å². The van der Waals surface area contributed by atoms with Crippen molar-refractivity contribution < 1.29 is 14.3 Å². The fourth-order valence-corrected chi connectivity index (χ4v) is 3.22. The number of nitrogens with one attached hydrogen (secondary N) is 1. The van der Waals surface area contributed by atoms with Gasteiger partial charge in [-0.25, -0.2) is 4.79 Å².